The van der Waals surface area contributed by atoms with Gasteiger partial charge in [-0.25, -0.2) is 0 Å². The molecule has 0 unspecified atom stereocenters. The Morgan fingerprint density at radius 2 is 1.63 bits per heavy atom. The molecule has 0 spiro atoms. The van der Waals surface area contributed by atoms with Gasteiger partial charge >= 0.3 is 6.18 Å². The minimum atomic E-state index is -4.49. The van der Waals surface area contributed by atoms with Crippen LogP contribution in [0.25, 0.3) is 5.69 Å². The van der Waals surface area contributed by atoms with Gasteiger partial charge in [0.15, 0.2) is 0 Å². The predicted octanol–water partition coefficient (Wildman–Crippen LogP) is 4.36. The smallest absolute Gasteiger partial charge is 0.417 e. The molecule has 0 aliphatic rings. The number of benzene rings is 1. The molecular formula is C20H25F3N2O2. The van der Waals surface area contributed by atoms with E-state index in [1.54, 1.807) is 24.3 Å². The molecule has 7 heteroatoms. The van der Waals surface area contributed by atoms with Crippen molar-refractivity contribution >= 4 is 0 Å². The van der Waals surface area contributed by atoms with Crippen molar-refractivity contribution < 1.29 is 17.9 Å². The molecule has 0 radical (unpaired) electrons. The van der Waals surface area contributed by atoms with Crippen LogP contribution in [0, 0.1) is 0 Å². The molecule has 2 aromatic rings. The van der Waals surface area contributed by atoms with Gasteiger partial charge in [-0.05, 0) is 63.8 Å². The normalized spacial score (nSPS) is 11.8. The number of nitrogens with zero attached hydrogens (tertiary/aromatic N) is 2. The third kappa shape index (κ3) is 6.75. The molecule has 0 aliphatic heterocycles. The molecule has 0 N–H and O–H groups in total. The van der Waals surface area contributed by atoms with Gasteiger partial charge in [-0.3, -0.25) is 9.36 Å². The lowest BCUT2D eigenvalue weighted by Gasteiger charge is -2.12. The summed E-state index contributed by atoms with van der Waals surface area (Å²) >= 11 is 0. The summed E-state index contributed by atoms with van der Waals surface area (Å²) in [5.41, 5.74) is -1.02. The van der Waals surface area contributed by atoms with Crippen LogP contribution in [0.3, 0.4) is 0 Å². The van der Waals surface area contributed by atoms with Gasteiger partial charge in [-0.1, -0.05) is 12.8 Å². The third-order valence-electron chi connectivity index (χ3n) is 4.12. The molecule has 148 valence electrons. The quantitative estimate of drug-likeness (QED) is 0.605. The van der Waals surface area contributed by atoms with Crippen LogP contribution in [0.2, 0.25) is 0 Å². The molecule has 0 amide bonds. The summed E-state index contributed by atoms with van der Waals surface area (Å²) in [6, 6.07) is 8.18. The Balaban J connectivity index is 1.89. The van der Waals surface area contributed by atoms with Crippen LogP contribution >= 0.6 is 0 Å². The maximum Gasteiger partial charge on any atom is 0.417 e. The van der Waals surface area contributed by atoms with Gasteiger partial charge in [-0.2, -0.15) is 13.2 Å². The maximum absolute atomic E-state index is 12.8. The Hall–Kier alpha value is -2.28. The van der Waals surface area contributed by atoms with Crippen LogP contribution < -0.4 is 10.3 Å². The summed E-state index contributed by atoms with van der Waals surface area (Å²) in [6.07, 6.45) is 0.664. The van der Waals surface area contributed by atoms with Crippen LogP contribution in [0.4, 0.5) is 13.2 Å². The van der Waals surface area contributed by atoms with E-state index >= 15 is 0 Å². The third-order valence-corrected chi connectivity index (χ3v) is 4.12. The van der Waals surface area contributed by atoms with Gasteiger partial charge in [0, 0.05) is 18.0 Å². The summed E-state index contributed by atoms with van der Waals surface area (Å²) < 4.78 is 45.1. The topological polar surface area (TPSA) is 34.5 Å². The molecule has 0 atom stereocenters. The lowest BCUT2D eigenvalue weighted by molar-refractivity contribution is -0.138. The van der Waals surface area contributed by atoms with E-state index < -0.39 is 17.3 Å². The fourth-order valence-corrected chi connectivity index (χ4v) is 2.63. The monoisotopic (exact) mass is 382 g/mol. The summed E-state index contributed by atoms with van der Waals surface area (Å²) in [4.78, 5) is 14.0. The molecule has 1 heterocycles. The Morgan fingerprint density at radius 3 is 2.26 bits per heavy atom. The molecule has 1 aromatic heterocycles. The number of alkyl halides is 3. The first kappa shape index (κ1) is 21.0. The zero-order valence-corrected chi connectivity index (χ0v) is 15.6. The summed E-state index contributed by atoms with van der Waals surface area (Å²) in [5, 5.41) is 0. The highest BCUT2D eigenvalue weighted by Gasteiger charge is 2.31. The Morgan fingerprint density at radius 1 is 0.963 bits per heavy atom. The van der Waals surface area contributed by atoms with Gasteiger partial charge in [0.1, 0.15) is 5.75 Å². The maximum atomic E-state index is 12.8. The van der Waals surface area contributed by atoms with Crippen molar-refractivity contribution in [2.45, 2.75) is 31.9 Å². The average Bonchev–Trinajstić information content (AvgIpc) is 2.61. The van der Waals surface area contributed by atoms with Crippen LogP contribution in [0.5, 0.6) is 5.75 Å². The molecule has 1 aromatic carbocycles. The number of ether oxygens (including phenoxy) is 1. The van der Waals surface area contributed by atoms with Gasteiger partial charge in [0.25, 0.3) is 5.56 Å². The second-order valence-electron chi connectivity index (χ2n) is 6.68. The van der Waals surface area contributed by atoms with Gasteiger partial charge in [-0.15, -0.1) is 0 Å². The first-order valence-electron chi connectivity index (χ1n) is 8.95. The van der Waals surface area contributed by atoms with Gasteiger partial charge in [0.05, 0.1) is 12.2 Å². The average molecular weight is 382 g/mol. The number of rotatable bonds is 9. The van der Waals surface area contributed by atoms with Crippen LogP contribution in [0.15, 0.2) is 47.4 Å². The van der Waals surface area contributed by atoms with Gasteiger partial charge < -0.3 is 9.64 Å². The highest BCUT2D eigenvalue weighted by molar-refractivity contribution is 5.38. The fourth-order valence-electron chi connectivity index (χ4n) is 2.63. The standard InChI is InChI=1S/C20H25F3N2O2/c1-24(2)13-5-3-4-6-14-27-18-10-8-17(9-11-18)25-15-16(20(21,22)23)7-12-19(25)26/h7-12,15H,3-6,13-14H2,1-2H3. The number of unbranched alkanes of at least 4 members (excludes halogenated alkanes) is 3. The van der Waals surface area contributed by atoms with Crippen molar-refractivity contribution in [3.63, 3.8) is 0 Å². The first-order valence-corrected chi connectivity index (χ1v) is 8.95. The van der Waals surface area contributed by atoms with E-state index in [1.807, 2.05) is 0 Å². The van der Waals surface area contributed by atoms with Crippen molar-refractivity contribution in [2.24, 2.45) is 0 Å². The molecule has 0 bridgehead atoms. The SMILES string of the molecule is CN(C)CCCCCCOc1ccc(-n2cc(C(F)(F)F)ccc2=O)cc1. The Kier molecular flexibility index (Phi) is 7.47. The van der Waals surface area contributed by atoms with E-state index in [-0.39, 0.29) is 0 Å². The zero-order chi connectivity index (χ0) is 19.9. The Labute approximate surface area is 157 Å². The number of halogens is 3. The second-order valence-corrected chi connectivity index (χ2v) is 6.68. The minimum Gasteiger partial charge on any atom is -0.494 e. The first-order chi connectivity index (χ1) is 12.8. The van der Waals surface area contributed by atoms with E-state index in [0.717, 1.165) is 55.1 Å². The molecule has 0 aliphatic carbocycles. The van der Waals surface area contributed by atoms with Gasteiger partial charge in [0.2, 0.25) is 0 Å². The lowest BCUT2D eigenvalue weighted by Crippen LogP contribution is -2.19. The Bertz CT molecular complexity index is 768. The van der Waals surface area contributed by atoms with Crippen LogP contribution in [0.1, 0.15) is 31.2 Å². The summed E-state index contributed by atoms with van der Waals surface area (Å²) in [7, 11) is 4.11. The van der Waals surface area contributed by atoms with Crippen LogP contribution in [-0.2, 0) is 6.18 Å². The molecular weight excluding hydrogens is 357 g/mol. The molecule has 4 nitrogen and oxygen atoms in total. The summed E-state index contributed by atoms with van der Waals surface area (Å²) in [6.45, 7) is 1.67. The summed E-state index contributed by atoms with van der Waals surface area (Å²) in [5.74, 6) is 0.632. The molecule has 0 fully saturated rings. The molecule has 0 saturated heterocycles. The van der Waals surface area contributed by atoms with Crippen molar-refractivity contribution in [1.29, 1.82) is 0 Å². The van der Waals surface area contributed by atoms with Crippen molar-refractivity contribution in [1.82, 2.24) is 9.47 Å². The fraction of sp³-hybridized carbons (Fsp3) is 0.450. The second kappa shape index (κ2) is 9.60. The highest BCUT2D eigenvalue weighted by Crippen LogP contribution is 2.28. The number of pyridine rings is 1. The molecule has 27 heavy (non-hydrogen) atoms. The molecule has 0 saturated carbocycles. The van der Waals surface area contributed by atoms with E-state index in [9.17, 15) is 18.0 Å². The van der Waals surface area contributed by atoms with Crippen molar-refractivity contribution in [3.8, 4) is 11.4 Å². The predicted molar refractivity (Wildman–Crippen MR) is 99.6 cm³/mol. The van der Waals surface area contributed by atoms with Crippen molar-refractivity contribution in [2.75, 3.05) is 27.2 Å². The van der Waals surface area contributed by atoms with E-state index in [0.29, 0.717) is 18.0 Å². The largest absolute Gasteiger partial charge is 0.494 e. The number of aromatic nitrogens is 1. The number of hydrogen-bond acceptors (Lipinski definition) is 3. The minimum absolute atomic E-state index is 0.363. The van der Waals surface area contributed by atoms with Crippen molar-refractivity contribution in [3.05, 3.63) is 58.5 Å². The number of hydrogen-bond donors (Lipinski definition) is 0. The highest BCUT2D eigenvalue weighted by atomic mass is 19.4. The molecule has 2 rings (SSSR count). The zero-order valence-electron chi connectivity index (χ0n) is 15.6. The van der Waals surface area contributed by atoms with E-state index in [1.165, 1.54) is 0 Å². The van der Waals surface area contributed by atoms with E-state index in [4.69, 9.17) is 4.74 Å². The lowest BCUT2D eigenvalue weighted by atomic mass is 10.2. The van der Waals surface area contributed by atoms with Crippen LogP contribution in [-0.4, -0.2) is 36.7 Å². The van der Waals surface area contributed by atoms with E-state index in [2.05, 4.69) is 19.0 Å².